The molecule has 19 heavy (non-hydrogen) atoms. The predicted molar refractivity (Wildman–Crippen MR) is 74.0 cm³/mol. The second-order valence-electron chi connectivity index (χ2n) is 4.60. The number of pyridine rings is 2. The quantitative estimate of drug-likeness (QED) is 0.778. The Balaban J connectivity index is 1.80. The lowest BCUT2D eigenvalue weighted by Gasteiger charge is -2.04. The minimum Gasteiger partial charge on any atom is -0.349 e. The van der Waals surface area contributed by atoms with Crippen LogP contribution in [0.3, 0.4) is 0 Å². The molecule has 0 aliphatic rings. The first-order chi connectivity index (χ1) is 9.22. The zero-order valence-electron chi connectivity index (χ0n) is 11.0. The molecular formula is C14H15N5. The molecule has 0 aromatic carbocycles. The summed E-state index contributed by atoms with van der Waals surface area (Å²) in [5.74, 6) is 0.641. The number of anilines is 1. The third kappa shape index (κ3) is 2.40. The van der Waals surface area contributed by atoms with Gasteiger partial charge in [0.05, 0.1) is 0 Å². The molecule has 1 N–H and O–H groups in total. The zero-order valence-corrected chi connectivity index (χ0v) is 11.0. The molecule has 0 bridgehead atoms. The number of aromatic nitrogens is 4. The molecule has 5 nitrogen and oxygen atoms in total. The fraction of sp³-hybridized carbons (Fsp3) is 0.214. The van der Waals surface area contributed by atoms with E-state index in [0.29, 0.717) is 12.5 Å². The molecule has 96 valence electrons. The van der Waals surface area contributed by atoms with Crippen LogP contribution >= 0.6 is 0 Å². The Labute approximate surface area is 111 Å². The van der Waals surface area contributed by atoms with E-state index in [4.69, 9.17) is 0 Å². The molecule has 3 rings (SSSR count). The molecule has 0 amide bonds. The van der Waals surface area contributed by atoms with E-state index in [0.717, 1.165) is 16.8 Å². The van der Waals surface area contributed by atoms with Gasteiger partial charge in [-0.25, -0.2) is 4.52 Å². The Morgan fingerprint density at radius 2 is 2.11 bits per heavy atom. The molecule has 0 aliphatic carbocycles. The van der Waals surface area contributed by atoms with Crippen LogP contribution in [0.25, 0.3) is 5.65 Å². The van der Waals surface area contributed by atoms with Crippen molar-refractivity contribution in [2.24, 2.45) is 0 Å². The number of nitrogens with zero attached hydrogens (tertiary/aromatic N) is 4. The van der Waals surface area contributed by atoms with Gasteiger partial charge in [-0.1, -0.05) is 6.07 Å². The van der Waals surface area contributed by atoms with Crippen LogP contribution in [0.1, 0.15) is 16.7 Å². The van der Waals surface area contributed by atoms with Gasteiger partial charge in [0.2, 0.25) is 5.95 Å². The van der Waals surface area contributed by atoms with Gasteiger partial charge in [-0.2, -0.15) is 4.98 Å². The van der Waals surface area contributed by atoms with Gasteiger partial charge in [-0.15, -0.1) is 5.10 Å². The number of hydrogen-bond acceptors (Lipinski definition) is 4. The van der Waals surface area contributed by atoms with Crippen molar-refractivity contribution in [2.45, 2.75) is 20.4 Å². The summed E-state index contributed by atoms with van der Waals surface area (Å²) in [6, 6.07) is 5.99. The molecule has 5 heteroatoms. The lowest BCUT2D eigenvalue weighted by Crippen LogP contribution is -2.03. The molecule has 3 aromatic rings. The minimum absolute atomic E-state index is 0.641. The summed E-state index contributed by atoms with van der Waals surface area (Å²) in [4.78, 5) is 8.50. The predicted octanol–water partition coefficient (Wildman–Crippen LogP) is 2.35. The van der Waals surface area contributed by atoms with Crippen molar-refractivity contribution in [3.8, 4) is 0 Å². The van der Waals surface area contributed by atoms with E-state index in [1.807, 2.05) is 44.4 Å². The van der Waals surface area contributed by atoms with Crippen LogP contribution in [0.15, 0.2) is 36.8 Å². The van der Waals surface area contributed by atoms with Gasteiger partial charge in [-0.05, 0) is 42.7 Å². The fourth-order valence-electron chi connectivity index (χ4n) is 1.94. The van der Waals surface area contributed by atoms with Crippen LogP contribution in [0, 0.1) is 13.8 Å². The highest BCUT2D eigenvalue weighted by Crippen LogP contribution is 2.10. The van der Waals surface area contributed by atoms with Gasteiger partial charge in [-0.3, -0.25) is 4.98 Å². The van der Waals surface area contributed by atoms with Crippen molar-refractivity contribution in [1.29, 1.82) is 0 Å². The Morgan fingerprint density at radius 1 is 1.21 bits per heavy atom. The summed E-state index contributed by atoms with van der Waals surface area (Å²) < 4.78 is 1.79. The van der Waals surface area contributed by atoms with E-state index in [1.165, 1.54) is 5.56 Å². The SMILES string of the molecule is Cc1ccc2nc(NCc3ccncc3C)nn2c1. The first kappa shape index (κ1) is 11.6. The molecule has 0 fully saturated rings. The van der Waals surface area contributed by atoms with Gasteiger partial charge in [0.25, 0.3) is 0 Å². The molecule has 0 spiro atoms. The monoisotopic (exact) mass is 253 g/mol. The van der Waals surface area contributed by atoms with Crippen LogP contribution in [-0.4, -0.2) is 19.6 Å². The van der Waals surface area contributed by atoms with Gasteiger partial charge in [0, 0.05) is 25.1 Å². The average molecular weight is 253 g/mol. The number of rotatable bonds is 3. The van der Waals surface area contributed by atoms with Crippen molar-refractivity contribution < 1.29 is 0 Å². The van der Waals surface area contributed by atoms with Crippen molar-refractivity contribution in [3.05, 3.63) is 53.5 Å². The Kier molecular flexibility index (Phi) is 2.87. The standard InChI is InChI=1S/C14H15N5/c1-10-3-4-13-17-14(18-19(13)9-10)16-8-12-5-6-15-7-11(12)2/h3-7,9H,8H2,1-2H3,(H,16,18). The second-order valence-corrected chi connectivity index (χ2v) is 4.60. The number of aryl methyl sites for hydroxylation is 2. The highest BCUT2D eigenvalue weighted by molar-refractivity contribution is 5.44. The maximum atomic E-state index is 4.42. The normalized spacial score (nSPS) is 10.8. The van der Waals surface area contributed by atoms with Gasteiger partial charge in [0.15, 0.2) is 5.65 Å². The van der Waals surface area contributed by atoms with E-state index >= 15 is 0 Å². The maximum Gasteiger partial charge on any atom is 0.243 e. The average Bonchev–Trinajstić information content (AvgIpc) is 2.79. The molecule has 3 aromatic heterocycles. The zero-order chi connectivity index (χ0) is 13.2. The van der Waals surface area contributed by atoms with Crippen LogP contribution in [0.2, 0.25) is 0 Å². The molecular weight excluding hydrogens is 238 g/mol. The summed E-state index contributed by atoms with van der Waals surface area (Å²) in [7, 11) is 0. The van der Waals surface area contributed by atoms with Gasteiger partial charge in [0.1, 0.15) is 0 Å². The Bertz CT molecular complexity index is 717. The maximum absolute atomic E-state index is 4.42. The summed E-state index contributed by atoms with van der Waals surface area (Å²) in [6.07, 6.45) is 5.62. The van der Waals surface area contributed by atoms with Crippen molar-refractivity contribution in [3.63, 3.8) is 0 Å². The first-order valence-corrected chi connectivity index (χ1v) is 6.19. The lowest BCUT2D eigenvalue weighted by molar-refractivity contribution is 0.940. The fourth-order valence-corrected chi connectivity index (χ4v) is 1.94. The third-order valence-corrected chi connectivity index (χ3v) is 3.05. The minimum atomic E-state index is 0.641. The molecule has 3 heterocycles. The van der Waals surface area contributed by atoms with Gasteiger partial charge < -0.3 is 5.32 Å². The van der Waals surface area contributed by atoms with E-state index < -0.39 is 0 Å². The van der Waals surface area contributed by atoms with E-state index in [-0.39, 0.29) is 0 Å². The molecule has 0 radical (unpaired) electrons. The van der Waals surface area contributed by atoms with Crippen molar-refractivity contribution in [2.75, 3.05) is 5.32 Å². The smallest absolute Gasteiger partial charge is 0.243 e. The highest BCUT2D eigenvalue weighted by atomic mass is 15.3. The topological polar surface area (TPSA) is 55.1 Å². The number of fused-ring (bicyclic) bond motifs is 1. The summed E-state index contributed by atoms with van der Waals surface area (Å²) in [5, 5.41) is 7.64. The van der Waals surface area contributed by atoms with Crippen LogP contribution in [-0.2, 0) is 6.54 Å². The van der Waals surface area contributed by atoms with E-state index in [1.54, 1.807) is 10.7 Å². The molecule has 0 unspecified atom stereocenters. The summed E-state index contributed by atoms with van der Waals surface area (Å²) in [6.45, 7) is 4.78. The number of nitrogens with one attached hydrogen (secondary N) is 1. The Hall–Kier alpha value is -2.43. The summed E-state index contributed by atoms with van der Waals surface area (Å²) in [5.41, 5.74) is 4.37. The van der Waals surface area contributed by atoms with Crippen LogP contribution < -0.4 is 5.32 Å². The van der Waals surface area contributed by atoms with E-state index in [9.17, 15) is 0 Å². The van der Waals surface area contributed by atoms with Crippen LogP contribution in [0.4, 0.5) is 5.95 Å². The summed E-state index contributed by atoms with van der Waals surface area (Å²) >= 11 is 0. The van der Waals surface area contributed by atoms with Crippen molar-refractivity contribution >= 4 is 11.6 Å². The molecule has 0 atom stereocenters. The van der Waals surface area contributed by atoms with Gasteiger partial charge >= 0.3 is 0 Å². The number of hydrogen-bond donors (Lipinski definition) is 1. The first-order valence-electron chi connectivity index (χ1n) is 6.19. The lowest BCUT2D eigenvalue weighted by atomic mass is 10.1. The Morgan fingerprint density at radius 3 is 2.95 bits per heavy atom. The van der Waals surface area contributed by atoms with E-state index in [2.05, 4.69) is 20.4 Å². The van der Waals surface area contributed by atoms with Crippen LogP contribution in [0.5, 0.6) is 0 Å². The second kappa shape index (κ2) is 4.68. The largest absolute Gasteiger partial charge is 0.349 e. The molecule has 0 saturated heterocycles. The van der Waals surface area contributed by atoms with Crippen molar-refractivity contribution in [1.82, 2.24) is 19.6 Å². The highest BCUT2D eigenvalue weighted by Gasteiger charge is 2.04. The molecule has 0 saturated carbocycles. The molecule has 0 aliphatic heterocycles. The third-order valence-electron chi connectivity index (χ3n) is 3.05.